The van der Waals surface area contributed by atoms with Gasteiger partial charge in [-0.05, 0) is 32.0 Å². The number of likely N-dealkylation sites (tertiary alicyclic amines) is 1. The molecule has 6 heteroatoms. The predicted octanol–water partition coefficient (Wildman–Crippen LogP) is 1.47. The van der Waals surface area contributed by atoms with Crippen LogP contribution in [0, 0.1) is 5.92 Å². The second kappa shape index (κ2) is 7.75. The molecule has 23 heavy (non-hydrogen) atoms. The molecule has 2 saturated heterocycles. The first-order valence-electron chi connectivity index (χ1n) is 8.45. The van der Waals surface area contributed by atoms with Crippen molar-refractivity contribution in [1.82, 2.24) is 14.7 Å². The number of nitrogens with zero attached hydrogens (tertiary/aromatic N) is 3. The Kier molecular flexibility index (Phi) is 5.69. The molecule has 3 heterocycles. The molecule has 1 amide bonds. The molecule has 0 N–H and O–H groups in total. The van der Waals surface area contributed by atoms with E-state index in [1.54, 1.807) is 0 Å². The first-order valence-corrected chi connectivity index (χ1v) is 9.33. The Morgan fingerprint density at radius 3 is 3.00 bits per heavy atom. The number of hydrogen-bond donors (Lipinski definition) is 0. The summed E-state index contributed by atoms with van der Waals surface area (Å²) in [6.45, 7) is 6.64. The average Bonchev–Trinajstić information content (AvgIpc) is 2.99. The maximum absolute atomic E-state index is 12.5. The van der Waals surface area contributed by atoms with E-state index in [-0.39, 0.29) is 12.0 Å². The number of carbonyl (C=O) groups excluding carboxylic acids is 1. The van der Waals surface area contributed by atoms with Crippen LogP contribution in [0.25, 0.3) is 0 Å². The van der Waals surface area contributed by atoms with Gasteiger partial charge >= 0.3 is 0 Å². The number of likely N-dealkylation sites (N-methyl/N-ethyl adjacent to an activating group) is 1. The Labute approximate surface area is 142 Å². The van der Waals surface area contributed by atoms with Crippen molar-refractivity contribution in [1.29, 1.82) is 0 Å². The van der Waals surface area contributed by atoms with E-state index in [0.29, 0.717) is 5.92 Å². The number of piperidine rings is 1. The van der Waals surface area contributed by atoms with Gasteiger partial charge in [0.05, 0.1) is 17.6 Å². The van der Waals surface area contributed by atoms with Crippen LogP contribution in [-0.2, 0) is 4.74 Å². The zero-order valence-electron chi connectivity index (χ0n) is 14.1. The minimum atomic E-state index is 0.163. The topological polar surface area (TPSA) is 36.0 Å². The van der Waals surface area contributed by atoms with Crippen molar-refractivity contribution < 1.29 is 9.53 Å². The highest BCUT2D eigenvalue weighted by Crippen LogP contribution is 2.25. The summed E-state index contributed by atoms with van der Waals surface area (Å²) in [5.41, 5.74) is 0. The Hall–Kier alpha value is -0.950. The van der Waals surface area contributed by atoms with Crippen LogP contribution in [0.2, 0.25) is 0 Å². The van der Waals surface area contributed by atoms with Crippen LogP contribution in [0.3, 0.4) is 0 Å². The van der Waals surface area contributed by atoms with Gasteiger partial charge in [0, 0.05) is 45.2 Å². The Morgan fingerprint density at radius 1 is 1.39 bits per heavy atom. The molecule has 0 aliphatic carbocycles. The lowest BCUT2D eigenvalue weighted by molar-refractivity contribution is -0.0169. The molecule has 2 atom stereocenters. The summed E-state index contributed by atoms with van der Waals surface area (Å²) in [5, 5.41) is 1.96. The van der Waals surface area contributed by atoms with Crippen molar-refractivity contribution in [3.63, 3.8) is 0 Å². The van der Waals surface area contributed by atoms with E-state index >= 15 is 0 Å². The molecule has 0 saturated carbocycles. The lowest BCUT2D eigenvalue weighted by Crippen LogP contribution is -2.49. The zero-order valence-corrected chi connectivity index (χ0v) is 14.9. The molecule has 0 aromatic carbocycles. The quantitative estimate of drug-likeness (QED) is 0.834. The average molecular weight is 337 g/mol. The van der Waals surface area contributed by atoms with Crippen LogP contribution < -0.4 is 0 Å². The van der Waals surface area contributed by atoms with Gasteiger partial charge in [0.1, 0.15) is 0 Å². The van der Waals surface area contributed by atoms with E-state index in [2.05, 4.69) is 23.9 Å². The molecule has 5 nitrogen and oxygen atoms in total. The molecule has 0 bridgehead atoms. The maximum Gasteiger partial charge on any atom is 0.264 e. The van der Waals surface area contributed by atoms with E-state index in [1.165, 1.54) is 11.3 Å². The van der Waals surface area contributed by atoms with Crippen molar-refractivity contribution in [2.75, 3.05) is 60.0 Å². The van der Waals surface area contributed by atoms with Gasteiger partial charge in [-0.2, -0.15) is 0 Å². The summed E-state index contributed by atoms with van der Waals surface area (Å²) in [6.07, 6.45) is 1.23. The fraction of sp³-hybridized carbons (Fsp3) is 0.706. The molecule has 128 valence electrons. The van der Waals surface area contributed by atoms with E-state index in [1.807, 2.05) is 22.4 Å². The van der Waals surface area contributed by atoms with Gasteiger partial charge in [0.2, 0.25) is 0 Å². The predicted molar refractivity (Wildman–Crippen MR) is 93.1 cm³/mol. The van der Waals surface area contributed by atoms with Gasteiger partial charge in [0.15, 0.2) is 0 Å². The van der Waals surface area contributed by atoms with E-state index < -0.39 is 0 Å². The van der Waals surface area contributed by atoms with E-state index in [4.69, 9.17) is 4.74 Å². The monoisotopic (exact) mass is 337 g/mol. The van der Waals surface area contributed by atoms with Gasteiger partial charge in [-0.3, -0.25) is 9.69 Å². The van der Waals surface area contributed by atoms with Crippen LogP contribution >= 0.6 is 11.3 Å². The van der Waals surface area contributed by atoms with Crippen molar-refractivity contribution in [3.8, 4) is 0 Å². The molecular weight excluding hydrogens is 310 g/mol. The highest BCUT2D eigenvalue weighted by atomic mass is 32.1. The second-order valence-corrected chi connectivity index (χ2v) is 7.74. The first-order chi connectivity index (χ1) is 11.1. The highest BCUT2D eigenvalue weighted by Gasteiger charge is 2.35. The van der Waals surface area contributed by atoms with Crippen molar-refractivity contribution in [2.45, 2.75) is 12.5 Å². The highest BCUT2D eigenvalue weighted by molar-refractivity contribution is 7.12. The Bertz CT molecular complexity index is 506. The van der Waals surface area contributed by atoms with Crippen LogP contribution in [-0.4, -0.2) is 86.7 Å². The Balaban J connectivity index is 1.56. The van der Waals surface area contributed by atoms with Gasteiger partial charge in [0.25, 0.3) is 5.91 Å². The van der Waals surface area contributed by atoms with Gasteiger partial charge in [-0.15, -0.1) is 11.3 Å². The standard InChI is InChI=1S/C17H27N3O2S/c1-18(2)7-8-19-9-10-22-15-13-20(6-5-14(15)12-19)17(21)16-4-3-11-23-16/h3-4,11,14-15H,5-10,12-13H2,1-2H3/t14-,15-/m1/s1. The third kappa shape index (κ3) is 4.32. The second-order valence-electron chi connectivity index (χ2n) is 6.79. The number of ether oxygens (including phenoxy) is 1. The molecular formula is C17H27N3O2S. The number of carbonyl (C=O) groups is 1. The molecule has 2 aliphatic heterocycles. The maximum atomic E-state index is 12.5. The summed E-state index contributed by atoms with van der Waals surface area (Å²) in [7, 11) is 4.23. The fourth-order valence-electron chi connectivity index (χ4n) is 3.40. The van der Waals surface area contributed by atoms with E-state index in [9.17, 15) is 4.79 Å². The summed E-state index contributed by atoms with van der Waals surface area (Å²) in [5.74, 6) is 0.711. The van der Waals surface area contributed by atoms with Crippen LogP contribution in [0.4, 0.5) is 0 Å². The molecule has 2 aliphatic rings. The summed E-state index contributed by atoms with van der Waals surface area (Å²) >= 11 is 1.52. The lowest BCUT2D eigenvalue weighted by atomic mass is 9.93. The Morgan fingerprint density at radius 2 is 2.26 bits per heavy atom. The lowest BCUT2D eigenvalue weighted by Gasteiger charge is -2.38. The molecule has 3 rings (SSSR count). The largest absolute Gasteiger partial charge is 0.375 e. The zero-order chi connectivity index (χ0) is 16.2. The molecule has 0 unspecified atom stereocenters. The van der Waals surface area contributed by atoms with Crippen molar-refractivity contribution >= 4 is 17.2 Å². The minimum Gasteiger partial charge on any atom is -0.375 e. The number of fused-ring (bicyclic) bond motifs is 1. The van der Waals surface area contributed by atoms with Gasteiger partial charge in [-0.1, -0.05) is 6.07 Å². The normalized spacial score (nSPS) is 26.1. The molecule has 2 fully saturated rings. The summed E-state index contributed by atoms with van der Waals surface area (Å²) in [4.78, 5) is 20.1. The van der Waals surface area contributed by atoms with Crippen LogP contribution in [0.5, 0.6) is 0 Å². The number of thiophene rings is 1. The van der Waals surface area contributed by atoms with Crippen LogP contribution in [0.1, 0.15) is 16.1 Å². The fourth-order valence-corrected chi connectivity index (χ4v) is 4.09. The molecule has 0 radical (unpaired) electrons. The summed E-state index contributed by atoms with van der Waals surface area (Å²) in [6, 6.07) is 3.85. The third-order valence-corrected chi connectivity index (χ3v) is 5.67. The molecule has 1 aromatic rings. The van der Waals surface area contributed by atoms with Crippen molar-refractivity contribution in [2.24, 2.45) is 5.92 Å². The summed E-state index contributed by atoms with van der Waals surface area (Å²) < 4.78 is 6.10. The number of hydrogen-bond acceptors (Lipinski definition) is 5. The third-order valence-electron chi connectivity index (χ3n) is 4.81. The van der Waals surface area contributed by atoms with Gasteiger partial charge < -0.3 is 14.5 Å². The van der Waals surface area contributed by atoms with Crippen molar-refractivity contribution in [3.05, 3.63) is 22.4 Å². The minimum absolute atomic E-state index is 0.163. The number of amides is 1. The van der Waals surface area contributed by atoms with Gasteiger partial charge in [-0.25, -0.2) is 0 Å². The SMILES string of the molecule is CN(C)CCN1CCO[C@@H]2CN(C(=O)c3cccs3)CC[C@@H]2C1. The number of rotatable bonds is 4. The smallest absolute Gasteiger partial charge is 0.264 e. The van der Waals surface area contributed by atoms with E-state index in [0.717, 1.165) is 57.2 Å². The molecule has 0 spiro atoms. The van der Waals surface area contributed by atoms with Crippen LogP contribution in [0.15, 0.2) is 17.5 Å². The molecule has 1 aromatic heterocycles. The first kappa shape index (κ1) is 16.9.